The molecular weight excluding hydrogens is 1070 g/mol. The second-order valence-electron chi connectivity index (χ2n) is 18.2. The third kappa shape index (κ3) is 9.15. The van der Waals surface area contributed by atoms with Crippen molar-refractivity contribution >= 4 is 11.0 Å². The molecule has 0 aliphatic carbocycles. The van der Waals surface area contributed by atoms with Gasteiger partial charge in [0.15, 0.2) is 0 Å². The second kappa shape index (κ2) is 20.6. The van der Waals surface area contributed by atoms with E-state index in [1.54, 1.807) is 0 Å². The molecule has 2 aromatic heterocycles. The van der Waals surface area contributed by atoms with Crippen LogP contribution in [0.4, 0.5) is 0 Å². The van der Waals surface area contributed by atoms with E-state index >= 15 is 0 Å². The van der Waals surface area contributed by atoms with Crippen LogP contribution < -0.4 is 0 Å². The number of imidazole rings is 1. The van der Waals surface area contributed by atoms with Gasteiger partial charge >= 0.3 is 0 Å². The zero-order valence-electron chi connectivity index (χ0n) is 40.0. The Hall–Kier alpha value is -8.69. The van der Waals surface area contributed by atoms with Gasteiger partial charge in [0.1, 0.15) is 11.6 Å². The van der Waals surface area contributed by atoms with Gasteiger partial charge in [-0.15, -0.1) is 29.3 Å². The molecule has 0 aliphatic heterocycles. The molecule has 0 saturated heterocycles. The number of benzene rings is 10. The minimum absolute atomic E-state index is 0. The standard InChI is InChI=1S/C68H48N3O.Pt/c1-46(47-22-8-2-9-23-47)54-40-56(42-57(41-54)63-45-53(38-39-69-63)48-24-10-3-11-25-48)58-34-21-37-64-65(58)70-68(60-36-20-35-59(67(60)72)50-28-14-5-15-29-50)71(64)66-61(51-30-16-6-17-31-51)43-55(49-26-12-4-13-27-49)44-62(66)52-32-18-7-19-33-52;/h2-41,43-46,72H,1H3;/q-1;. The maximum atomic E-state index is 12.7. The minimum atomic E-state index is 0. The molecule has 4 nitrogen and oxygen atoms in total. The number of hydrogen-bond donors (Lipinski definition) is 1. The van der Waals surface area contributed by atoms with Crippen LogP contribution in [0.25, 0.3) is 106 Å². The third-order valence-electron chi connectivity index (χ3n) is 13.8. The molecule has 0 radical (unpaired) electrons. The predicted molar refractivity (Wildman–Crippen MR) is 297 cm³/mol. The second-order valence-corrected chi connectivity index (χ2v) is 18.2. The van der Waals surface area contributed by atoms with Crippen molar-refractivity contribution in [2.45, 2.75) is 12.8 Å². The van der Waals surface area contributed by atoms with Crippen molar-refractivity contribution in [1.82, 2.24) is 14.5 Å². The first-order valence-electron chi connectivity index (χ1n) is 24.4. The number of pyridine rings is 1. The van der Waals surface area contributed by atoms with Crippen LogP contribution in [0.3, 0.4) is 0 Å². The summed E-state index contributed by atoms with van der Waals surface area (Å²) in [5.74, 6) is 0.827. The van der Waals surface area contributed by atoms with Crippen LogP contribution in [0.2, 0.25) is 0 Å². The molecule has 1 atom stereocenters. The fourth-order valence-electron chi connectivity index (χ4n) is 10.1. The van der Waals surface area contributed by atoms with Crippen LogP contribution in [0.15, 0.2) is 261 Å². The molecule has 73 heavy (non-hydrogen) atoms. The molecule has 2 heterocycles. The van der Waals surface area contributed by atoms with Crippen molar-refractivity contribution in [2.24, 2.45) is 0 Å². The fraction of sp³-hybridized carbons (Fsp3) is 0.0294. The van der Waals surface area contributed by atoms with Gasteiger partial charge in [-0.3, -0.25) is 9.55 Å². The van der Waals surface area contributed by atoms with Gasteiger partial charge in [0.25, 0.3) is 0 Å². The molecule has 10 aromatic carbocycles. The van der Waals surface area contributed by atoms with Gasteiger partial charge < -0.3 is 5.11 Å². The molecule has 12 aromatic rings. The first-order chi connectivity index (χ1) is 35.6. The van der Waals surface area contributed by atoms with Crippen molar-refractivity contribution in [2.75, 3.05) is 0 Å². The summed E-state index contributed by atoms with van der Waals surface area (Å²) in [5.41, 5.74) is 19.3. The fourth-order valence-corrected chi connectivity index (χ4v) is 10.1. The summed E-state index contributed by atoms with van der Waals surface area (Å²) in [4.78, 5) is 10.7. The average Bonchev–Trinajstić information content (AvgIpc) is 3.85. The topological polar surface area (TPSA) is 50.9 Å². The summed E-state index contributed by atoms with van der Waals surface area (Å²) in [6, 6.07) is 92.6. The van der Waals surface area contributed by atoms with E-state index in [-0.39, 0.29) is 32.7 Å². The zero-order chi connectivity index (χ0) is 48.4. The Morgan fingerprint density at radius 3 is 1.48 bits per heavy atom. The minimum Gasteiger partial charge on any atom is -0.507 e. The van der Waals surface area contributed by atoms with E-state index in [4.69, 9.17) is 9.97 Å². The Bertz CT molecular complexity index is 3800. The quantitative estimate of drug-likeness (QED) is 0.131. The van der Waals surface area contributed by atoms with Gasteiger partial charge in [0, 0.05) is 49.6 Å². The summed E-state index contributed by atoms with van der Waals surface area (Å²) < 4.78 is 2.28. The Labute approximate surface area is 440 Å². The van der Waals surface area contributed by atoms with E-state index in [2.05, 4.69) is 218 Å². The number of nitrogens with zero attached hydrogens (tertiary/aromatic N) is 3. The van der Waals surface area contributed by atoms with Crippen molar-refractivity contribution < 1.29 is 26.2 Å². The van der Waals surface area contributed by atoms with Gasteiger partial charge in [0.05, 0.1) is 22.3 Å². The molecule has 0 bridgehead atoms. The number of hydrogen-bond acceptors (Lipinski definition) is 3. The molecule has 1 unspecified atom stereocenters. The Morgan fingerprint density at radius 2 is 0.890 bits per heavy atom. The molecule has 352 valence electrons. The van der Waals surface area contributed by atoms with Gasteiger partial charge in [-0.1, -0.05) is 230 Å². The van der Waals surface area contributed by atoms with E-state index in [9.17, 15) is 5.11 Å². The van der Waals surface area contributed by atoms with E-state index in [0.717, 1.165) is 100 Å². The number of fused-ring (bicyclic) bond motifs is 1. The van der Waals surface area contributed by atoms with Crippen molar-refractivity contribution in [3.8, 4) is 101 Å². The SMILES string of the molecule is CC(c1ccccc1)c1cc(-c2cc(-c3ccccc3)ccn2)[c-]c(-c2cccc3c2nc(-c2cccc(-c4ccccc4)c2O)n3-c2c(-c3ccccc3)cc(-c3ccccc3)cc2-c2ccccc2)c1.[Pt]. The van der Waals surface area contributed by atoms with Crippen LogP contribution in [-0.2, 0) is 21.1 Å². The van der Waals surface area contributed by atoms with Crippen molar-refractivity contribution in [3.05, 3.63) is 278 Å². The molecule has 1 N–H and O–H groups in total. The predicted octanol–water partition coefficient (Wildman–Crippen LogP) is 17.4. The Morgan fingerprint density at radius 1 is 0.411 bits per heavy atom. The number of aromatic hydroxyl groups is 1. The van der Waals surface area contributed by atoms with E-state index < -0.39 is 0 Å². The van der Waals surface area contributed by atoms with Crippen LogP contribution >= 0.6 is 0 Å². The van der Waals surface area contributed by atoms with Crippen LogP contribution in [0.5, 0.6) is 5.75 Å². The van der Waals surface area contributed by atoms with Crippen molar-refractivity contribution in [1.29, 1.82) is 0 Å². The number of aromatic nitrogens is 3. The molecule has 0 amide bonds. The molecule has 0 fully saturated rings. The molecule has 12 rings (SSSR count). The summed E-state index contributed by atoms with van der Waals surface area (Å²) in [6.45, 7) is 2.26. The molecule has 0 spiro atoms. The molecule has 5 heteroatoms. The molecule has 0 aliphatic rings. The maximum absolute atomic E-state index is 12.7. The van der Waals surface area contributed by atoms with Gasteiger partial charge in [-0.25, -0.2) is 4.98 Å². The largest absolute Gasteiger partial charge is 0.507 e. The van der Waals surface area contributed by atoms with Crippen LogP contribution in [-0.4, -0.2) is 19.6 Å². The van der Waals surface area contributed by atoms with Gasteiger partial charge in [-0.2, -0.15) is 0 Å². The van der Waals surface area contributed by atoms with Gasteiger partial charge in [-0.05, 0) is 80.8 Å². The average molecular weight is 1120 g/mol. The first-order valence-corrected chi connectivity index (χ1v) is 24.4. The molecular formula is C68H48N3OPt-. The maximum Gasteiger partial charge on any atom is 0.148 e. The monoisotopic (exact) mass is 1120 g/mol. The zero-order valence-corrected chi connectivity index (χ0v) is 42.3. The number of rotatable bonds is 11. The van der Waals surface area contributed by atoms with Gasteiger partial charge in [0.2, 0.25) is 0 Å². The normalized spacial score (nSPS) is 11.5. The Kier molecular flexibility index (Phi) is 13.2. The Balaban J connectivity index is 0.00000574. The van der Waals surface area contributed by atoms with Crippen LogP contribution in [0.1, 0.15) is 24.0 Å². The molecule has 0 saturated carbocycles. The van der Waals surface area contributed by atoms with Crippen LogP contribution in [0, 0.1) is 6.07 Å². The summed E-state index contributed by atoms with van der Waals surface area (Å²) in [5, 5.41) is 12.7. The van der Waals surface area contributed by atoms with E-state index in [1.165, 1.54) is 5.56 Å². The number of phenols is 1. The smallest absolute Gasteiger partial charge is 0.148 e. The summed E-state index contributed by atoms with van der Waals surface area (Å²) in [6.07, 6.45) is 1.89. The van der Waals surface area contributed by atoms with E-state index in [1.807, 2.05) is 60.8 Å². The first kappa shape index (κ1) is 46.7. The summed E-state index contributed by atoms with van der Waals surface area (Å²) >= 11 is 0. The van der Waals surface area contributed by atoms with E-state index in [0.29, 0.717) is 11.4 Å². The number of phenolic OH excluding ortho intramolecular Hbond substituents is 1. The number of para-hydroxylation sites is 2. The third-order valence-corrected chi connectivity index (χ3v) is 13.8. The summed E-state index contributed by atoms with van der Waals surface area (Å²) in [7, 11) is 0. The van der Waals surface area contributed by atoms with Crippen molar-refractivity contribution in [3.63, 3.8) is 0 Å².